The Morgan fingerprint density at radius 3 is 2.70 bits per heavy atom. The fraction of sp³-hybridized carbons (Fsp3) is 0.867. The van der Waals surface area contributed by atoms with Gasteiger partial charge < -0.3 is 14.6 Å². The lowest BCUT2D eigenvalue weighted by Crippen LogP contribution is -2.39. The molecule has 2 saturated heterocycles. The van der Waals surface area contributed by atoms with Crippen LogP contribution in [-0.2, 0) is 11.2 Å². The molecule has 2 fully saturated rings. The zero-order valence-electron chi connectivity index (χ0n) is 12.8. The monoisotopic (exact) mass is 279 g/mol. The molecule has 2 bridgehead atoms. The van der Waals surface area contributed by atoms with Crippen LogP contribution < -0.4 is 5.32 Å². The van der Waals surface area contributed by atoms with Crippen LogP contribution in [0.1, 0.15) is 57.7 Å². The van der Waals surface area contributed by atoms with E-state index >= 15 is 0 Å². The summed E-state index contributed by atoms with van der Waals surface area (Å²) in [5, 5.41) is 7.54. The highest BCUT2D eigenvalue weighted by Crippen LogP contribution is 2.43. The highest BCUT2D eigenvalue weighted by molar-refractivity contribution is 5.07. The number of nitrogens with one attached hydrogen (secondary N) is 1. The van der Waals surface area contributed by atoms with E-state index in [4.69, 9.17) is 9.26 Å². The fourth-order valence-electron chi connectivity index (χ4n) is 3.43. The van der Waals surface area contributed by atoms with Crippen LogP contribution in [0.3, 0.4) is 0 Å². The van der Waals surface area contributed by atoms with Gasteiger partial charge in [-0.2, -0.15) is 4.98 Å². The molecular formula is C15H25N3O2. The van der Waals surface area contributed by atoms with Gasteiger partial charge in [0, 0.05) is 12.5 Å². The van der Waals surface area contributed by atoms with Crippen LogP contribution in [0, 0.1) is 5.41 Å². The van der Waals surface area contributed by atoms with Gasteiger partial charge in [0.15, 0.2) is 5.82 Å². The highest BCUT2D eigenvalue weighted by Gasteiger charge is 2.43. The number of aromatic nitrogens is 2. The molecule has 1 N–H and O–H groups in total. The molecule has 2 aliphatic rings. The summed E-state index contributed by atoms with van der Waals surface area (Å²) in [7, 11) is 1.98. The van der Waals surface area contributed by atoms with Gasteiger partial charge in [-0.1, -0.05) is 25.9 Å². The van der Waals surface area contributed by atoms with Gasteiger partial charge in [-0.15, -0.1) is 0 Å². The number of fused-ring (bicyclic) bond motifs is 2. The molecule has 112 valence electrons. The van der Waals surface area contributed by atoms with Crippen LogP contribution in [0.15, 0.2) is 4.52 Å². The number of nitrogens with zero attached hydrogens (tertiary/aromatic N) is 2. The van der Waals surface area contributed by atoms with E-state index < -0.39 is 0 Å². The second kappa shape index (κ2) is 5.11. The Morgan fingerprint density at radius 2 is 2.15 bits per heavy atom. The van der Waals surface area contributed by atoms with Crippen molar-refractivity contribution < 1.29 is 9.26 Å². The third kappa shape index (κ3) is 2.61. The number of ether oxygens (including phenoxy) is 1. The van der Waals surface area contributed by atoms with Gasteiger partial charge in [0.1, 0.15) is 0 Å². The molecule has 4 atom stereocenters. The fourth-order valence-corrected chi connectivity index (χ4v) is 3.43. The Hall–Kier alpha value is -0.940. The zero-order valence-corrected chi connectivity index (χ0v) is 12.8. The third-order valence-corrected chi connectivity index (χ3v) is 4.69. The molecule has 3 rings (SSSR count). The lowest BCUT2D eigenvalue weighted by atomic mass is 9.85. The summed E-state index contributed by atoms with van der Waals surface area (Å²) in [5.41, 5.74) is 0.166. The van der Waals surface area contributed by atoms with Gasteiger partial charge in [0.2, 0.25) is 5.89 Å². The van der Waals surface area contributed by atoms with Crippen LogP contribution in [0.25, 0.3) is 0 Å². The number of hydrogen-bond donors (Lipinski definition) is 1. The molecule has 1 aromatic rings. The average molecular weight is 279 g/mol. The molecule has 0 saturated carbocycles. The molecule has 2 aliphatic heterocycles. The van der Waals surface area contributed by atoms with Crippen molar-refractivity contribution in [3.05, 3.63) is 11.7 Å². The molecule has 0 aromatic carbocycles. The van der Waals surface area contributed by atoms with E-state index in [-0.39, 0.29) is 5.41 Å². The standard InChI is InChI=1S/C15H25N3O2/c1-15(2,3)12(16-4)8-13-17-14(18-20-13)10-7-9-5-6-11(10)19-9/h9-12,16H,5-8H2,1-4H3. The first-order chi connectivity index (χ1) is 9.47. The van der Waals surface area contributed by atoms with Crippen molar-refractivity contribution in [1.82, 2.24) is 15.5 Å². The van der Waals surface area contributed by atoms with Crippen LogP contribution in [-0.4, -0.2) is 35.4 Å². The van der Waals surface area contributed by atoms with E-state index in [0.29, 0.717) is 24.2 Å². The first-order valence-corrected chi connectivity index (χ1v) is 7.62. The molecule has 20 heavy (non-hydrogen) atoms. The number of rotatable bonds is 4. The van der Waals surface area contributed by atoms with Crippen molar-refractivity contribution in [2.45, 2.75) is 70.6 Å². The maximum Gasteiger partial charge on any atom is 0.228 e. The Labute approximate surface area is 120 Å². The summed E-state index contributed by atoms with van der Waals surface area (Å²) in [6, 6.07) is 0.326. The lowest BCUT2D eigenvalue weighted by Gasteiger charge is -2.29. The topological polar surface area (TPSA) is 60.2 Å². The van der Waals surface area contributed by atoms with Gasteiger partial charge in [-0.25, -0.2) is 0 Å². The molecule has 5 heteroatoms. The number of hydrogen-bond acceptors (Lipinski definition) is 5. The Balaban J connectivity index is 1.68. The van der Waals surface area contributed by atoms with E-state index in [1.54, 1.807) is 0 Å². The first kappa shape index (κ1) is 14.0. The van der Waals surface area contributed by atoms with Crippen LogP contribution in [0.5, 0.6) is 0 Å². The molecular weight excluding hydrogens is 254 g/mol. The molecule has 1 aromatic heterocycles. The molecule has 0 aliphatic carbocycles. The van der Waals surface area contributed by atoms with Crippen molar-refractivity contribution >= 4 is 0 Å². The van der Waals surface area contributed by atoms with Crippen LogP contribution in [0.4, 0.5) is 0 Å². The minimum Gasteiger partial charge on any atom is -0.374 e. The van der Waals surface area contributed by atoms with Gasteiger partial charge >= 0.3 is 0 Å². The summed E-state index contributed by atoms with van der Waals surface area (Å²) in [5.74, 6) is 1.92. The normalized spacial score (nSPS) is 30.9. The molecule has 0 amide bonds. The van der Waals surface area contributed by atoms with E-state index in [9.17, 15) is 0 Å². The summed E-state index contributed by atoms with van der Waals surface area (Å²) >= 11 is 0. The van der Waals surface area contributed by atoms with Crippen molar-refractivity contribution in [3.63, 3.8) is 0 Å². The largest absolute Gasteiger partial charge is 0.374 e. The van der Waals surface area contributed by atoms with Crippen molar-refractivity contribution in [3.8, 4) is 0 Å². The van der Waals surface area contributed by atoms with Gasteiger partial charge in [0.05, 0.1) is 18.1 Å². The zero-order chi connectivity index (χ0) is 14.3. The Morgan fingerprint density at radius 1 is 1.35 bits per heavy atom. The molecule has 0 spiro atoms. The molecule has 5 nitrogen and oxygen atoms in total. The minimum atomic E-state index is 0.166. The van der Waals surface area contributed by atoms with Gasteiger partial charge in [-0.3, -0.25) is 0 Å². The van der Waals surface area contributed by atoms with E-state index in [1.807, 2.05) is 7.05 Å². The Bertz CT molecular complexity index is 466. The molecule has 3 heterocycles. The van der Waals surface area contributed by atoms with Gasteiger partial charge in [0.25, 0.3) is 0 Å². The predicted octanol–water partition coefficient (Wildman–Crippen LogP) is 2.28. The van der Waals surface area contributed by atoms with E-state index in [1.165, 1.54) is 6.42 Å². The first-order valence-electron chi connectivity index (χ1n) is 7.62. The summed E-state index contributed by atoms with van der Waals surface area (Å²) < 4.78 is 11.3. The quantitative estimate of drug-likeness (QED) is 0.916. The smallest absolute Gasteiger partial charge is 0.228 e. The third-order valence-electron chi connectivity index (χ3n) is 4.69. The second-order valence-electron chi connectivity index (χ2n) is 7.17. The Kier molecular flexibility index (Phi) is 3.58. The van der Waals surface area contributed by atoms with E-state index in [2.05, 4.69) is 36.2 Å². The van der Waals surface area contributed by atoms with Crippen LogP contribution >= 0.6 is 0 Å². The van der Waals surface area contributed by atoms with Crippen molar-refractivity contribution in [1.29, 1.82) is 0 Å². The average Bonchev–Trinajstić information content (AvgIpc) is 3.09. The SMILES string of the molecule is CNC(Cc1nc(C2CC3CCC2O3)no1)C(C)(C)C. The van der Waals surface area contributed by atoms with E-state index in [0.717, 1.165) is 31.0 Å². The maximum absolute atomic E-state index is 5.87. The second-order valence-corrected chi connectivity index (χ2v) is 7.17. The summed E-state index contributed by atoms with van der Waals surface area (Å²) in [4.78, 5) is 4.61. The summed E-state index contributed by atoms with van der Waals surface area (Å²) in [6.45, 7) is 6.65. The van der Waals surface area contributed by atoms with Gasteiger partial charge in [-0.05, 0) is 31.7 Å². The van der Waals surface area contributed by atoms with Crippen LogP contribution in [0.2, 0.25) is 0 Å². The molecule has 4 unspecified atom stereocenters. The molecule has 0 radical (unpaired) electrons. The maximum atomic E-state index is 5.87. The minimum absolute atomic E-state index is 0.166. The summed E-state index contributed by atoms with van der Waals surface area (Å²) in [6.07, 6.45) is 4.89. The number of likely N-dealkylation sites (N-methyl/N-ethyl adjacent to an activating group) is 1. The van der Waals surface area contributed by atoms with Crippen molar-refractivity contribution in [2.24, 2.45) is 5.41 Å². The van der Waals surface area contributed by atoms with Crippen molar-refractivity contribution in [2.75, 3.05) is 7.05 Å². The highest BCUT2D eigenvalue weighted by atomic mass is 16.5. The lowest BCUT2D eigenvalue weighted by molar-refractivity contribution is 0.0996. The predicted molar refractivity (Wildman–Crippen MR) is 75.6 cm³/mol.